The quantitative estimate of drug-likeness (QED) is 0.481. The Morgan fingerprint density at radius 1 is 1.31 bits per heavy atom. The van der Waals surface area contributed by atoms with Gasteiger partial charge in [-0.25, -0.2) is 0 Å². The van der Waals surface area contributed by atoms with Crippen molar-refractivity contribution in [1.29, 1.82) is 0 Å². The summed E-state index contributed by atoms with van der Waals surface area (Å²) >= 11 is 0. The first-order valence-electron chi connectivity index (χ1n) is 6.38. The first-order chi connectivity index (χ1) is 7.86. The third-order valence-corrected chi connectivity index (χ3v) is 2.77. The summed E-state index contributed by atoms with van der Waals surface area (Å²) in [5, 5.41) is 3.38. The first kappa shape index (κ1) is 13.9. The van der Waals surface area contributed by atoms with Gasteiger partial charge in [0.15, 0.2) is 6.29 Å². The van der Waals surface area contributed by atoms with E-state index in [4.69, 9.17) is 14.2 Å². The molecule has 0 aromatic heterocycles. The molecule has 1 aliphatic heterocycles. The molecule has 1 fully saturated rings. The summed E-state index contributed by atoms with van der Waals surface area (Å²) in [6.45, 7) is 9.03. The Kier molecular flexibility index (Phi) is 7.76. The summed E-state index contributed by atoms with van der Waals surface area (Å²) in [4.78, 5) is 0. The zero-order valence-corrected chi connectivity index (χ0v) is 10.5. The Balaban J connectivity index is 1.98. The highest BCUT2D eigenvalue weighted by atomic mass is 16.7. The zero-order valence-electron chi connectivity index (χ0n) is 10.5. The van der Waals surface area contributed by atoms with E-state index >= 15 is 0 Å². The molecule has 0 aliphatic carbocycles. The van der Waals surface area contributed by atoms with Crippen molar-refractivity contribution in [3.05, 3.63) is 0 Å². The molecular formula is C12H25NO3. The van der Waals surface area contributed by atoms with E-state index in [0.717, 1.165) is 32.2 Å². The van der Waals surface area contributed by atoms with Crippen molar-refractivity contribution in [1.82, 2.24) is 5.32 Å². The molecule has 0 radical (unpaired) electrons. The standard InChI is InChI=1S/C12H25NO3/c1-3-15-12(16-4-2)9-13-7-5-11-6-8-14-10-11/h11-13H,3-10H2,1-2H3. The van der Waals surface area contributed by atoms with E-state index < -0.39 is 0 Å². The first-order valence-corrected chi connectivity index (χ1v) is 6.38. The number of ether oxygens (including phenoxy) is 3. The van der Waals surface area contributed by atoms with Gasteiger partial charge in [0.2, 0.25) is 0 Å². The number of hydrogen-bond donors (Lipinski definition) is 1. The Morgan fingerprint density at radius 2 is 2.06 bits per heavy atom. The maximum atomic E-state index is 5.45. The maximum absolute atomic E-state index is 5.45. The summed E-state index contributed by atoms with van der Waals surface area (Å²) in [5.41, 5.74) is 0. The van der Waals surface area contributed by atoms with Crippen molar-refractivity contribution in [2.45, 2.75) is 33.0 Å². The molecule has 1 unspecified atom stereocenters. The van der Waals surface area contributed by atoms with Crippen LogP contribution in [0.2, 0.25) is 0 Å². The molecule has 1 atom stereocenters. The molecule has 0 saturated carbocycles. The lowest BCUT2D eigenvalue weighted by Gasteiger charge is -2.17. The lowest BCUT2D eigenvalue weighted by molar-refractivity contribution is -0.132. The highest BCUT2D eigenvalue weighted by Crippen LogP contribution is 2.15. The average molecular weight is 231 g/mol. The average Bonchev–Trinajstić information content (AvgIpc) is 2.78. The Labute approximate surface area is 98.6 Å². The number of rotatable bonds is 9. The third-order valence-electron chi connectivity index (χ3n) is 2.77. The topological polar surface area (TPSA) is 39.7 Å². The van der Waals surface area contributed by atoms with Gasteiger partial charge in [0.05, 0.1) is 0 Å². The van der Waals surface area contributed by atoms with Crippen molar-refractivity contribution in [3.8, 4) is 0 Å². The second-order valence-corrected chi connectivity index (χ2v) is 4.06. The van der Waals surface area contributed by atoms with Crippen molar-refractivity contribution in [3.63, 3.8) is 0 Å². The van der Waals surface area contributed by atoms with Crippen LogP contribution in [0.1, 0.15) is 26.7 Å². The van der Waals surface area contributed by atoms with E-state index in [-0.39, 0.29) is 6.29 Å². The van der Waals surface area contributed by atoms with Crippen molar-refractivity contribution >= 4 is 0 Å². The van der Waals surface area contributed by atoms with Gasteiger partial charge in [0.1, 0.15) is 0 Å². The van der Waals surface area contributed by atoms with Crippen LogP contribution >= 0.6 is 0 Å². The van der Waals surface area contributed by atoms with Crippen LogP contribution in [0.4, 0.5) is 0 Å². The predicted molar refractivity (Wildman–Crippen MR) is 63.5 cm³/mol. The minimum atomic E-state index is -0.102. The lowest BCUT2D eigenvalue weighted by Crippen LogP contribution is -2.32. The minimum absolute atomic E-state index is 0.102. The molecule has 16 heavy (non-hydrogen) atoms. The maximum Gasteiger partial charge on any atom is 0.169 e. The Hall–Kier alpha value is -0.160. The molecule has 1 saturated heterocycles. The lowest BCUT2D eigenvalue weighted by atomic mass is 10.1. The summed E-state index contributed by atoms with van der Waals surface area (Å²) in [6.07, 6.45) is 2.29. The molecule has 4 nitrogen and oxygen atoms in total. The monoisotopic (exact) mass is 231 g/mol. The fourth-order valence-corrected chi connectivity index (χ4v) is 1.87. The SMILES string of the molecule is CCOC(CNCCC1CCOC1)OCC. The smallest absolute Gasteiger partial charge is 0.169 e. The van der Waals surface area contributed by atoms with Gasteiger partial charge >= 0.3 is 0 Å². The largest absolute Gasteiger partial charge is 0.381 e. The van der Waals surface area contributed by atoms with Crippen LogP contribution in [0.15, 0.2) is 0 Å². The van der Waals surface area contributed by atoms with Crippen molar-refractivity contribution in [2.75, 3.05) is 39.5 Å². The van der Waals surface area contributed by atoms with Crippen LogP contribution in [-0.4, -0.2) is 45.8 Å². The normalized spacial score (nSPS) is 20.8. The molecule has 0 bridgehead atoms. The minimum Gasteiger partial charge on any atom is -0.381 e. The van der Waals surface area contributed by atoms with E-state index in [0.29, 0.717) is 13.2 Å². The molecule has 1 N–H and O–H groups in total. The molecule has 1 rings (SSSR count). The highest BCUT2D eigenvalue weighted by molar-refractivity contribution is 4.65. The Morgan fingerprint density at radius 3 is 2.62 bits per heavy atom. The molecule has 0 aromatic carbocycles. The molecule has 96 valence electrons. The Bertz CT molecular complexity index is 154. The molecule has 0 amide bonds. The fraction of sp³-hybridized carbons (Fsp3) is 1.00. The molecule has 0 spiro atoms. The second kappa shape index (κ2) is 8.93. The molecule has 1 heterocycles. The summed E-state index contributed by atoms with van der Waals surface area (Å²) < 4.78 is 16.2. The molecule has 1 aliphatic rings. The summed E-state index contributed by atoms with van der Waals surface area (Å²) in [6, 6.07) is 0. The third kappa shape index (κ3) is 5.80. The van der Waals surface area contributed by atoms with Gasteiger partial charge in [-0.2, -0.15) is 0 Å². The highest BCUT2D eigenvalue weighted by Gasteiger charge is 2.15. The molecular weight excluding hydrogens is 206 g/mol. The number of nitrogens with one attached hydrogen (secondary N) is 1. The van der Waals surface area contributed by atoms with Gasteiger partial charge in [0.25, 0.3) is 0 Å². The van der Waals surface area contributed by atoms with Crippen molar-refractivity contribution < 1.29 is 14.2 Å². The van der Waals surface area contributed by atoms with Crippen molar-refractivity contribution in [2.24, 2.45) is 5.92 Å². The molecule has 0 aromatic rings. The number of hydrogen-bond acceptors (Lipinski definition) is 4. The van der Waals surface area contributed by atoms with Gasteiger partial charge in [-0.05, 0) is 39.2 Å². The second-order valence-electron chi connectivity index (χ2n) is 4.06. The van der Waals surface area contributed by atoms with Gasteiger partial charge < -0.3 is 19.5 Å². The van der Waals surface area contributed by atoms with Crippen LogP contribution in [0.25, 0.3) is 0 Å². The van der Waals surface area contributed by atoms with Gasteiger partial charge in [-0.15, -0.1) is 0 Å². The molecule has 4 heteroatoms. The van der Waals surface area contributed by atoms with Crippen LogP contribution < -0.4 is 5.32 Å². The van der Waals surface area contributed by atoms with Gasteiger partial charge in [-0.1, -0.05) is 0 Å². The van der Waals surface area contributed by atoms with Crippen LogP contribution in [0.5, 0.6) is 0 Å². The van der Waals surface area contributed by atoms with E-state index in [9.17, 15) is 0 Å². The van der Waals surface area contributed by atoms with E-state index in [1.165, 1.54) is 12.8 Å². The predicted octanol–water partition coefficient (Wildman–Crippen LogP) is 1.40. The van der Waals surface area contributed by atoms with E-state index in [1.54, 1.807) is 0 Å². The van der Waals surface area contributed by atoms with Crippen LogP contribution in [0.3, 0.4) is 0 Å². The summed E-state index contributed by atoms with van der Waals surface area (Å²) in [5.74, 6) is 0.741. The van der Waals surface area contributed by atoms with E-state index in [2.05, 4.69) is 5.32 Å². The fourth-order valence-electron chi connectivity index (χ4n) is 1.87. The van der Waals surface area contributed by atoms with Crippen LogP contribution in [0, 0.1) is 5.92 Å². The summed E-state index contributed by atoms with van der Waals surface area (Å²) in [7, 11) is 0. The van der Waals surface area contributed by atoms with E-state index in [1.807, 2.05) is 13.8 Å². The van der Waals surface area contributed by atoms with Crippen LogP contribution in [-0.2, 0) is 14.2 Å². The zero-order chi connectivity index (χ0) is 11.6. The van der Waals surface area contributed by atoms with Gasteiger partial charge in [-0.3, -0.25) is 0 Å². The van der Waals surface area contributed by atoms with Gasteiger partial charge in [0, 0.05) is 33.0 Å².